The lowest BCUT2D eigenvalue weighted by molar-refractivity contribution is -0.114. The van der Waals surface area contributed by atoms with Gasteiger partial charge in [0, 0.05) is 0 Å². The highest BCUT2D eigenvalue weighted by molar-refractivity contribution is 5.93. The molecule has 1 aliphatic rings. The Morgan fingerprint density at radius 3 is 3.09 bits per heavy atom. The zero-order chi connectivity index (χ0) is 8.27. The van der Waals surface area contributed by atoms with Crippen LogP contribution in [0.5, 0.6) is 0 Å². The van der Waals surface area contributed by atoms with Crippen LogP contribution in [0.3, 0.4) is 0 Å². The van der Waals surface area contributed by atoms with Gasteiger partial charge in [0.1, 0.15) is 11.9 Å². The van der Waals surface area contributed by atoms with Gasteiger partial charge in [0.15, 0.2) is 0 Å². The van der Waals surface area contributed by atoms with Gasteiger partial charge in [0.25, 0.3) is 5.91 Å². The van der Waals surface area contributed by atoms with E-state index in [0.717, 1.165) is 0 Å². The molecule has 1 rings (SSSR count). The normalized spacial score (nSPS) is 22.3. The number of nitrogens with two attached hydrogens (primary N) is 2. The summed E-state index contributed by atoms with van der Waals surface area (Å²) >= 11 is 0. The van der Waals surface area contributed by atoms with Crippen molar-refractivity contribution < 1.29 is 4.79 Å². The van der Waals surface area contributed by atoms with E-state index in [1.54, 1.807) is 0 Å². The first-order valence-electron chi connectivity index (χ1n) is 3.00. The Hall–Kier alpha value is -1.40. The summed E-state index contributed by atoms with van der Waals surface area (Å²) < 4.78 is 0. The fraction of sp³-hybridized carbons (Fsp3) is 0.200. The van der Waals surface area contributed by atoms with Crippen LogP contribution in [0.1, 0.15) is 0 Å². The number of primary amides is 1. The SMILES string of the molecule is NNC1C=C(C(N)=O)N=CN1. The number of hydrazine groups is 1. The van der Waals surface area contributed by atoms with Gasteiger partial charge in [-0.05, 0) is 6.08 Å². The Morgan fingerprint density at radius 2 is 2.55 bits per heavy atom. The molecule has 1 heterocycles. The molecule has 0 saturated carbocycles. The molecule has 0 aromatic heterocycles. The second kappa shape index (κ2) is 3.13. The van der Waals surface area contributed by atoms with Gasteiger partial charge in [0.2, 0.25) is 0 Å². The Labute approximate surface area is 63.3 Å². The van der Waals surface area contributed by atoms with E-state index in [9.17, 15) is 4.79 Å². The molecule has 0 fully saturated rings. The molecule has 0 saturated heterocycles. The second-order valence-electron chi connectivity index (χ2n) is 1.99. The molecular weight excluding hydrogens is 146 g/mol. The van der Waals surface area contributed by atoms with Crippen LogP contribution in [0.25, 0.3) is 0 Å². The molecule has 0 aromatic carbocycles. The van der Waals surface area contributed by atoms with Gasteiger partial charge in [-0.3, -0.25) is 10.6 Å². The summed E-state index contributed by atoms with van der Waals surface area (Å²) in [5.41, 5.74) is 7.57. The standard InChI is InChI=1S/C5H9N5O/c6-5(11)3-1-4(10-7)9-2-8-3/h1-2,4,10H,7H2,(H2,6,11)(H,8,9). The Balaban J connectivity index is 2.71. The van der Waals surface area contributed by atoms with Crippen molar-refractivity contribution in [2.45, 2.75) is 6.17 Å². The molecule has 1 unspecified atom stereocenters. The first-order valence-corrected chi connectivity index (χ1v) is 3.00. The summed E-state index contributed by atoms with van der Waals surface area (Å²) in [4.78, 5) is 14.2. The number of amides is 1. The minimum Gasteiger partial charge on any atom is -0.364 e. The highest BCUT2D eigenvalue weighted by Crippen LogP contribution is 1.98. The van der Waals surface area contributed by atoms with Crippen molar-refractivity contribution in [2.75, 3.05) is 0 Å². The van der Waals surface area contributed by atoms with Crippen molar-refractivity contribution >= 4 is 12.2 Å². The lowest BCUT2D eigenvalue weighted by Gasteiger charge is -2.15. The summed E-state index contributed by atoms with van der Waals surface area (Å²) in [6.45, 7) is 0. The summed E-state index contributed by atoms with van der Waals surface area (Å²) in [5.74, 6) is 4.53. The third kappa shape index (κ3) is 1.76. The molecule has 0 radical (unpaired) electrons. The van der Waals surface area contributed by atoms with E-state index in [1.165, 1.54) is 12.4 Å². The summed E-state index contributed by atoms with van der Waals surface area (Å²) in [7, 11) is 0. The highest BCUT2D eigenvalue weighted by Gasteiger charge is 2.10. The third-order valence-electron chi connectivity index (χ3n) is 1.21. The van der Waals surface area contributed by atoms with Crippen LogP contribution < -0.4 is 22.3 Å². The fourth-order valence-corrected chi connectivity index (χ4v) is 0.678. The predicted octanol–water partition coefficient (Wildman–Crippen LogP) is -2.22. The van der Waals surface area contributed by atoms with Crippen LogP contribution in [0.4, 0.5) is 0 Å². The monoisotopic (exact) mass is 155 g/mol. The second-order valence-corrected chi connectivity index (χ2v) is 1.99. The molecule has 0 aliphatic carbocycles. The zero-order valence-corrected chi connectivity index (χ0v) is 5.74. The molecule has 6 N–H and O–H groups in total. The summed E-state index contributed by atoms with van der Waals surface area (Å²) in [6, 6.07) is 0. The quantitative estimate of drug-likeness (QED) is 0.267. The average Bonchev–Trinajstić information content (AvgIpc) is 2.05. The minimum atomic E-state index is -0.567. The first-order chi connectivity index (χ1) is 5.24. The summed E-state index contributed by atoms with van der Waals surface area (Å²) in [6.07, 6.45) is 2.59. The van der Waals surface area contributed by atoms with E-state index >= 15 is 0 Å². The number of carbonyl (C=O) groups excluding carboxylic acids is 1. The molecule has 1 amide bonds. The van der Waals surface area contributed by atoms with Crippen LogP contribution in [0, 0.1) is 0 Å². The first kappa shape index (κ1) is 7.70. The topological polar surface area (TPSA) is 106 Å². The molecule has 1 atom stereocenters. The summed E-state index contributed by atoms with van der Waals surface area (Å²) in [5, 5.41) is 2.74. The maximum absolute atomic E-state index is 10.6. The van der Waals surface area contributed by atoms with Gasteiger partial charge < -0.3 is 11.1 Å². The number of hydrogen-bond acceptors (Lipinski definition) is 5. The molecule has 6 heteroatoms. The number of nitrogens with zero attached hydrogens (tertiary/aromatic N) is 1. The van der Waals surface area contributed by atoms with E-state index in [4.69, 9.17) is 11.6 Å². The molecule has 6 nitrogen and oxygen atoms in total. The van der Waals surface area contributed by atoms with E-state index in [1.807, 2.05) is 0 Å². The van der Waals surface area contributed by atoms with Crippen molar-refractivity contribution in [2.24, 2.45) is 16.6 Å². The van der Waals surface area contributed by atoms with Gasteiger partial charge in [-0.15, -0.1) is 0 Å². The third-order valence-corrected chi connectivity index (χ3v) is 1.21. The number of rotatable bonds is 2. The van der Waals surface area contributed by atoms with E-state index in [-0.39, 0.29) is 11.9 Å². The van der Waals surface area contributed by atoms with Gasteiger partial charge in [-0.2, -0.15) is 0 Å². The number of nitrogens with one attached hydrogen (secondary N) is 2. The van der Waals surface area contributed by atoms with Crippen molar-refractivity contribution in [3.8, 4) is 0 Å². The molecule has 1 aliphatic heterocycles. The van der Waals surface area contributed by atoms with Crippen LogP contribution in [-0.2, 0) is 4.79 Å². The fourth-order valence-electron chi connectivity index (χ4n) is 0.678. The van der Waals surface area contributed by atoms with Crippen molar-refractivity contribution in [1.29, 1.82) is 0 Å². The molecule has 11 heavy (non-hydrogen) atoms. The lowest BCUT2D eigenvalue weighted by atomic mass is 10.3. The van der Waals surface area contributed by atoms with Crippen molar-refractivity contribution in [3.05, 3.63) is 11.8 Å². The van der Waals surface area contributed by atoms with Crippen LogP contribution in [-0.4, -0.2) is 18.4 Å². The van der Waals surface area contributed by atoms with Gasteiger partial charge >= 0.3 is 0 Å². The molecular formula is C5H9N5O. The van der Waals surface area contributed by atoms with Gasteiger partial charge in [-0.1, -0.05) is 0 Å². The van der Waals surface area contributed by atoms with Crippen LogP contribution >= 0.6 is 0 Å². The van der Waals surface area contributed by atoms with E-state index in [0.29, 0.717) is 0 Å². The smallest absolute Gasteiger partial charge is 0.267 e. The van der Waals surface area contributed by atoms with Crippen molar-refractivity contribution in [1.82, 2.24) is 10.7 Å². The molecule has 0 spiro atoms. The van der Waals surface area contributed by atoms with Crippen molar-refractivity contribution in [3.63, 3.8) is 0 Å². The lowest BCUT2D eigenvalue weighted by Crippen LogP contribution is -2.46. The number of carbonyl (C=O) groups is 1. The average molecular weight is 155 g/mol. The van der Waals surface area contributed by atoms with Gasteiger partial charge in [0.05, 0.1) is 6.34 Å². The van der Waals surface area contributed by atoms with E-state index < -0.39 is 5.91 Å². The maximum atomic E-state index is 10.6. The largest absolute Gasteiger partial charge is 0.364 e. The molecule has 0 bridgehead atoms. The Morgan fingerprint density at radius 1 is 1.82 bits per heavy atom. The molecule has 0 aromatic rings. The van der Waals surface area contributed by atoms with E-state index in [2.05, 4.69) is 15.7 Å². The number of aliphatic imine (C=N–C) groups is 1. The minimum absolute atomic E-state index is 0.201. The van der Waals surface area contributed by atoms with Crippen LogP contribution in [0.15, 0.2) is 16.8 Å². The number of hydrogen-bond donors (Lipinski definition) is 4. The zero-order valence-electron chi connectivity index (χ0n) is 5.74. The Kier molecular flexibility index (Phi) is 2.19. The van der Waals surface area contributed by atoms with Crippen LogP contribution in [0.2, 0.25) is 0 Å². The highest BCUT2D eigenvalue weighted by atomic mass is 16.1. The van der Waals surface area contributed by atoms with Gasteiger partial charge in [-0.25, -0.2) is 10.4 Å². The Bertz CT molecular complexity index is 221. The predicted molar refractivity (Wildman–Crippen MR) is 40.0 cm³/mol. The molecule has 60 valence electrons. The maximum Gasteiger partial charge on any atom is 0.267 e.